The van der Waals surface area contributed by atoms with Gasteiger partial charge in [-0.15, -0.1) is 0 Å². The number of hydrogen-bond acceptors (Lipinski definition) is 2. The molecule has 3 rings (SSSR count). The molecule has 0 fully saturated rings. The average Bonchev–Trinajstić information content (AvgIpc) is 2.80. The lowest BCUT2D eigenvalue weighted by molar-refractivity contribution is 0.797. The van der Waals surface area contributed by atoms with Crippen LogP contribution in [-0.2, 0) is 7.05 Å². The molecule has 0 N–H and O–H groups in total. The van der Waals surface area contributed by atoms with Gasteiger partial charge >= 0.3 is 0 Å². The van der Waals surface area contributed by atoms with Crippen LogP contribution in [0.1, 0.15) is 25.5 Å². The van der Waals surface area contributed by atoms with Crippen LogP contribution in [0.25, 0.3) is 22.0 Å². The van der Waals surface area contributed by atoms with Gasteiger partial charge in [-0.1, -0.05) is 19.9 Å². The fourth-order valence-electron chi connectivity index (χ4n) is 2.29. The molecule has 0 atom stereocenters. The molecule has 0 radical (unpaired) electrons. The van der Waals surface area contributed by atoms with E-state index in [0.29, 0.717) is 5.92 Å². The fourth-order valence-corrected chi connectivity index (χ4v) is 2.29. The summed E-state index contributed by atoms with van der Waals surface area (Å²) in [6, 6.07) is 10.7. The SMILES string of the molecule is CC(C)c1cc(-c2ccc3c(cnn3C)c2)ccn1. The van der Waals surface area contributed by atoms with Crippen LogP contribution in [0.2, 0.25) is 0 Å². The summed E-state index contributed by atoms with van der Waals surface area (Å²) in [5, 5.41) is 5.45. The van der Waals surface area contributed by atoms with Gasteiger partial charge in [0.1, 0.15) is 0 Å². The Bertz CT molecular complexity index is 726. The van der Waals surface area contributed by atoms with Crippen LogP contribution in [-0.4, -0.2) is 14.8 Å². The van der Waals surface area contributed by atoms with Gasteiger partial charge in [0.15, 0.2) is 0 Å². The van der Waals surface area contributed by atoms with Gasteiger partial charge in [-0.3, -0.25) is 9.67 Å². The molecule has 0 saturated heterocycles. The van der Waals surface area contributed by atoms with Crippen molar-refractivity contribution < 1.29 is 0 Å². The highest BCUT2D eigenvalue weighted by Gasteiger charge is 2.06. The maximum atomic E-state index is 4.41. The van der Waals surface area contributed by atoms with Crippen molar-refractivity contribution in [2.45, 2.75) is 19.8 Å². The van der Waals surface area contributed by atoms with E-state index in [4.69, 9.17) is 0 Å². The van der Waals surface area contributed by atoms with Crippen LogP contribution < -0.4 is 0 Å². The number of fused-ring (bicyclic) bond motifs is 1. The molecule has 0 unspecified atom stereocenters. The molecule has 96 valence electrons. The number of rotatable bonds is 2. The van der Waals surface area contributed by atoms with E-state index in [0.717, 1.165) is 11.2 Å². The van der Waals surface area contributed by atoms with Crippen LogP contribution >= 0.6 is 0 Å². The minimum Gasteiger partial charge on any atom is -0.268 e. The zero-order valence-electron chi connectivity index (χ0n) is 11.5. The van der Waals surface area contributed by atoms with E-state index in [9.17, 15) is 0 Å². The molecule has 2 heterocycles. The van der Waals surface area contributed by atoms with E-state index in [1.807, 2.05) is 24.1 Å². The van der Waals surface area contributed by atoms with Crippen molar-refractivity contribution in [1.29, 1.82) is 0 Å². The zero-order chi connectivity index (χ0) is 13.4. The Balaban J connectivity index is 2.10. The largest absolute Gasteiger partial charge is 0.268 e. The van der Waals surface area contributed by atoms with Gasteiger partial charge < -0.3 is 0 Å². The summed E-state index contributed by atoms with van der Waals surface area (Å²) >= 11 is 0. The van der Waals surface area contributed by atoms with Crippen LogP contribution in [0, 0.1) is 0 Å². The first-order valence-electron chi connectivity index (χ1n) is 6.53. The lowest BCUT2D eigenvalue weighted by Crippen LogP contribution is -1.92. The minimum atomic E-state index is 0.446. The van der Waals surface area contributed by atoms with E-state index in [-0.39, 0.29) is 0 Å². The van der Waals surface area contributed by atoms with Crippen LogP contribution in [0.4, 0.5) is 0 Å². The molecule has 19 heavy (non-hydrogen) atoms. The molecule has 0 amide bonds. The monoisotopic (exact) mass is 251 g/mol. The lowest BCUT2D eigenvalue weighted by Gasteiger charge is -2.07. The maximum absolute atomic E-state index is 4.41. The van der Waals surface area contributed by atoms with Gasteiger partial charge in [-0.05, 0) is 41.3 Å². The topological polar surface area (TPSA) is 30.7 Å². The van der Waals surface area contributed by atoms with Gasteiger partial charge in [0.05, 0.1) is 11.7 Å². The van der Waals surface area contributed by atoms with Gasteiger partial charge in [0.25, 0.3) is 0 Å². The summed E-state index contributed by atoms with van der Waals surface area (Å²) in [5.74, 6) is 0.446. The number of hydrogen-bond donors (Lipinski definition) is 0. The molecule has 3 aromatic rings. The fraction of sp³-hybridized carbons (Fsp3) is 0.250. The third kappa shape index (κ3) is 2.12. The Hall–Kier alpha value is -2.16. The summed E-state index contributed by atoms with van der Waals surface area (Å²) in [4.78, 5) is 4.41. The van der Waals surface area contributed by atoms with E-state index in [1.54, 1.807) is 0 Å². The third-order valence-electron chi connectivity index (χ3n) is 3.45. The Morgan fingerprint density at radius 3 is 2.63 bits per heavy atom. The summed E-state index contributed by atoms with van der Waals surface area (Å²) in [7, 11) is 1.96. The zero-order valence-corrected chi connectivity index (χ0v) is 11.5. The van der Waals surface area contributed by atoms with E-state index >= 15 is 0 Å². The van der Waals surface area contributed by atoms with Gasteiger partial charge in [-0.25, -0.2) is 0 Å². The summed E-state index contributed by atoms with van der Waals surface area (Å²) < 4.78 is 1.89. The quantitative estimate of drug-likeness (QED) is 0.694. The highest BCUT2D eigenvalue weighted by atomic mass is 15.2. The second-order valence-electron chi connectivity index (χ2n) is 5.17. The lowest BCUT2D eigenvalue weighted by atomic mass is 10.0. The smallest absolute Gasteiger partial charge is 0.0679 e. The average molecular weight is 251 g/mol. The Labute approximate surface area is 112 Å². The van der Waals surface area contributed by atoms with E-state index in [2.05, 4.69) is 54.3 Å². The third-order valence-corrected chi connectivity index (χ3v) is 3.45. The molecular weight excluding hydrogens is 234 g/mol. The van der Waals surface area contributed by atoms with Crippen molar-refractivity contribution in [1.82, 2.24) is 14.8 Å². The molecule has 0 bridgehead atoms. The van der Waals surface area contributed by atoms with Crippen LogP contribution in [0.5, 0.6) is 0 Å². The van der Waals surface area contributed by atoms with Gasteiger partial charge in [0, 0.05) is 24.3 Å². The predicted molar refractivity (Wildman–Crippen MR) is 78.0 cm³/mol. The molecule has 0 aliphatic heterocycles. The van der Waals surface area contributed by atoms with Crippen molar-refractivity contribution in [3.63, 3.8) is 0 Å². The number of aromatic nitrogens is 3. The second-order valence-corrected chi connectivity index (χ2v) is 5.17. The van der Waals surface area contributed by atoms with Gasteiger partial charge in [0.2, 0.25) is 0 Å². The number of benzene rings is 1. The molecule has 0 aliphatic carbocycles. The van der Waals surface area contributed by atoms with E-state index < -0.39 is 0 Å². The normalized spacial score (nSPS) is 11.4. The summed E-state index contributed by atoms with van der Waals surface area (Å²) in [5.41, 5.74) is 4.71. The molecule has 3 heteroatoms. The summed E-state index contributed by atoms with van der Waals surface area (Å²) in [6.07, 6.45) is 3.79. The van der Waals surface area contributed by atoms with Crippen molar-refractivity contribution in [3.8, 4) is 11.1 Å². The van der Waals surface area contributed by atoms with Gasteiger partial charge in [-0.2, -0.15) is 5.10 Å². The number of pyridine rings is 1. The van der Waals surface area contributed by atoms with Crippen LogP contribution in [0.3, 0.4) is 0 Å². The predicted octanol–water partition coefficient (Wildman–Crippen LogP) is 3.76. The first-order chi connectivity index (χ1) is 9.15. The molecule has 3 nitrogen and oxygen atoms in total. The first-order valence-corrected chi connectivity index (χ1v) is 6.53. The second kappa shape index (κ2) is 4.50. The highest BCUT2D eigenvalue weighted by molar-refractivity contribution is 5.84. The Morgan fingerprint density at radius 1 is 1.05 bits per heavy atom. The molecule has 0 saturated carbocycles. The number of nitrogens with zero attached hydrogens (tertiary/aromatic N) is 3. The van der Waals surface area contributed by atoms with Crippen molar-refractivity contribution in [2.75, 3.05) is 0 Å². The Morgan fingerprint density at radius 2 is 1.84 bits per heavy atom. The highest BCUT2D eigenvalue weighted by Crippen LogP contribution is 2.25. The maximum Gasteiger partial charge on any atom is 0.0679 e. The first kappa shape index (κ1) is 11.9. The standard InChI is InChI=1S/C16H17N3/c1-11(2)15-9-13(6-7-17-15)12-4-5-16-14(8-12)10-18-19(16)3/h4-11H,1-3H3. The number of aryl methyl sites for hydroxylation is 1. The molecule has 0 aliphatic rings. The molecule has 1 aromatic carbocycles. The Kier molecular flexibility index (Phi) is 2.82. The van der Waals surface area contributed by atoms with Crippen molar-refractivity contribution in [2.24, 2.45) is 7.05 Å². The minimum absolute atomic E-state index is 0.446. The molecular formula is C16H17N3. The summed E-state index contributed by atoms with van der Waals surface area (Å²) in [6.45, 7) is 4.33. The van der Waals surface area contributed by atoms with Crippen molar-refractivity contribution in [3.05, 3.63) is 48.4 Å². The van der Waals surface area contributed by atoms with Crippen LogP contribution in [0.15, 0.2) is 42.7 Å². The molecule has 2 aromatic heterocycles. The van der Waals surface area contributed by atoms with E-state index in [1.165, 1.54) is 16.5 Å². The van der Waals surface area contributed by atoms with Crippen molar-refractivity contribution >= 4 is 10.9 Å². The molecule has 0 spiro atoms.